The third-order valence-corrected chi connectivity index (χ3v) is 5.86. The zero-order valence-corrected chi connectivity index (χ0v) is 14.4. The fraction of sp³-hybridized carbons (Fsp3) is 0.500. The first kappa shape index (κ1) is 15.9. The summed E-state index contributed by atoms with van der Waals surface area (Å²) in [5.74, 6) is 1.32. The van der Waals surface area contributed by atoms with Gasteiger partial charge in [0.25, 0.3) is 0 Å². The Morgan fingerprint density at radius 2 is 2.42 bits per heavy atom. The van der Waals surface area contributed by atoms with Crippen molar-refractivity contribution in [2.45, 2.75) is 19.5 Å². The van der Waals surface area contributed by atoms with Gasteiger partial charge in [0.2, 0.25) is 5.91 Å². The molecule has 24 heavy (non-hydrogen) atoms. The average Bonchev–Trinajstić information content (AvgIpc) is 3.30. The predicted molar refractivity (Wildman–Crippen MR) is 91.5 cm³/mol. The highest BCUT2D eigenvalue weighted by Gasteiger charge is 2.51. The molecule has 4 rings (SSSR count). The number of amides is 1. The molecule has 0 radical (unpaired) electrons. The predicted octanol–water partition coefficient (Wildman–Crippen LogP) is 2.50. The molecule has 2 saturated heterocycles. The van der Waals surface area contributed by atoms with E-state index in [0.717, 1.165) is 32.0 Å². The number of thiophene rings is 1. The van der Waals surface area contributed by atoms with Gasteiger partial charge in [-0.15, -0.1) is 0 Å². The third kappa shape index (κ3) is 3.27. The largest absolute Gasteiger partial charge is 0.467 e. The summed E-state index contributed by atoms with van der Waals surface area (Å²) in [5.41, 5.74) is 1.32. The van der Waals surface area contributed by atoms with E-state index in [1.165, 1.54) is 5.56 Å². The summed E-state index contributed by atoms with van der Waals surface area (Å²) in [5, 5.41) is 7.29. The molecule has 2 atom stereocenters. The molecule has 0 bridgehead atoms. The highest BCUT2D eigenvalue weighted by Crippen LogP contribution is 2.44. The number of carbonyl (C=O) groups is 1. The van der Waals surface area contributed by atoms with E-state index >= 15 is 0 Å². The molecule has 6 heteroatoms. The van der Waals surface area contributed by atoms with E-state index in [-0.39, 0.29) is 11.3 Å². The summed E-state index contributed by atoms with van der Waals surface area (Å²) in [6, 6.07) is 5.89. The lowest BCUT2D eigenvalue weighted by atomic mass is 9.78. The van der Waals surface area contributed by atoms with Crippen molar-refractivity contribution in [1.29, 1.82) is 0 Å². The van der Waals surface area contributed by atoms with Crippen LogP contribution in [0, 0.1) is 11.3 Å². The lowest BCUT2D eigenvalue weighted by Crippen LogP contribution is -2.37. The molecule has 5 nitrogen and oxygen atoms in total. The van der Waals surface area contributed by atoms with Crippen molar-refractivity contribution in [2.75, 3.05) is 26.3 Å². The standard InChI is InChI=1S/C18H22N2O3S/c21-17(19-7-16-2-1-4-23-16)6-18-12-20(8-14-3-5-24-11-14)9-15(18)10-22-13-18/h1-5,11,15H,6-10,12-13H2,(H,19,21)/t15-,18+/m1/s1. The molecule has 1 amide bonds. The minimum absolute atomic E-state index is 0.0384. The highest BCUT2D eigenvalue weighted by molar-refractivity contribution is 7.07. The first-order valence-electron chi connectivity index (χ1n) is 8.34. The van der Waals surface area contributed by atoms with E-state index < -0.39 is 0 Å². The van der Waals surface area contributed by atoms with Crippen molar-refractivity contribution in [2.24, 2.45) is 11.3 Å². The van der Waals surface area contributed by atoms with Gasteiger partial charge in [-0.2, -0.15) is 11.3 Å². The molecule has 128 valence electrons. The van der Waals surface area contributed by atoms with Crippen molar-refractivity contribution in [3.8, 4) is 0 Å². The first-order valence-corrected chi connectivity index (χ1v) is 9.28. The lowest BCUT2D eigenvalue weighted by Gasteiger charge is -2.26. The van der Waals surface area contributed by atoms with Crippen molar-refractivity contribution < 1.29 is 13.9 Å². The summed E-state index contributed by atoms with van der Waals surface area (Å²) < 4.78 is 11.0. The number of hydrogen-bond donors (Lipinski definition) is 1. The number of nitrogens with zero attached hydrogens (tertiary/aromatic N) is 1. The van der Waals surface area contributed by atoms with E-state index in [1.54, 1.807) is 17.6 Å². The number of rotatable bonds is 6. The second-order valence-corrected chi connectivity index (χ2v) is 7.69. The Hall–Kier alpha value is -1.63. The molecule has 0 unspecified atom stereocenters. The smallest absolute Gasteiger partial charge is 0.221 e. The van der Waals surface area contributed by atoms with Crippen molar-refractivity contribution >= 4 is 17.2 Å². The molecule has 0 aliphatic carbocycles. The minimum atomic E-state index is -0.0384. The molecule has 0 spiro atoms. The van der Waals surface area contributed by atoms with E-state index in [2.05, 4.69) is 27.0 Å². The molecule has 2 aromatic heterocycles. The SMILES string of the molecule is O=C(C[C@]12COC[C@H]1CN(Cc1ccsc1)C2)NCc1ccco1. The van der Waals surface area contributed by atoms with Crippen LogP contribution in [-0.4, -0.2) is 37.1 Å². The topological polar surface area (TPSA) is 54.7 Å². The van der Waals surface area contributed by atoms with Gasteiger partial charge in [-0.3, -0.25) is 9.69 Å². The molecule has 0 aromatic carbocycles. The van der Waals surface area contributed by atoms with E-state index in [1.807, 2.05) is 12.1 Å². The van der Waals surface area contributed by atoms with Gasteiger partial charge in [0.1, 0.15) is 5.76 Å². The summed E-state index contributed by atoms with van der Waals surface area (Å²) in [6.07, 6.45) is 2.15. The Bertz CT molecular complexity index is 671. The van der Waals surface area contributed by atoms with E-state index in [4.69, 9.17) is 9.15 Å². The van der Waals surface area contributed by atoms with Crippen LogP contribution in [0.2, 0.25) is 0 Å². The van der Waals surface area contributed by atoms with Gasteiger partial charge >= 0.3 is 0 Å². The van der Waals surface area contributed by atoms with Crippen LogP contribution in [0.5, 0.6) is 0 Å². The average molecular weight is 346 g/mol. The summed E-state index contributed by atoms with van der Waals surface area (Å²) in [6.45, 7) is 4.82. The van der Waals surface area contributed by atoms with Crippen LogP contribution >= 0.6 is 11.3 Å². The van der Waals surface area contributed by atoms with Gasteiger partial charge in [0, 0.05) is 37.4 Å². The minimum Gasteiger partial charge on any atom is -0.467 e. The second-order valence-electron chi connectivity index (χ2n) is 6.91. The molecule has 2 aliphatic heterocycles. The van der Waals surface area contributed by atoms with Gasteiger partial charge < -0.3 is 14.5 Å². The van der Waals surface area contributed by atoms with Gasteiger partial charge in [-0.05, 0) is 34.5 Å². The highest BCUT2D eigenvalue weighted by atomic mass is 32.1. The maximum Gasteiger partial charge on any atom is 0.221 e. The molecular formula is C18H22N2O3S. The van der Waals surface area contributed by atoms with Crippen LogP contribution in [0.25, 0.3) is 0 Å². The van der Waals surface area contributed by atoms with Crippen LogP contribution in [0.4, 0.5) is 0 Å². The van der Waals surface area contributed by atoms with E-state index in [9.17, 15) is 4.79 Å². The van der Waals surface area contributed by atoms with Crippen LogP contribution in [0.1, 0.15) is 17.7 Å². The molecular weight excluding hydrogens is 324 g/mol. The van der Waals surface area contributed by atoms with Crippen molar-refractivity contribution in [3.63, 3.8) is 0 Å². The van der Waals surface area contributed by atoms with Gasteiger partial charge in [-0.1, -0.05) is 0 Å². The lowest BCUT2D eigenvalue weighted by molar-refractivity contribution is -0.124. The van der Waals surface area contributed by atoms with Gasteiger partial charge in [0.05, 0.1) is 26.0 Å². The summed E-state index contributed by atoms with van der Waals surface area (Å²) >= 11 is 1.73. The number of carbonyl (C=O) groups excluding carboxylic acids is 1. The summed E-state index contributed by atoms with van der Waals surface area (Å²) in [7, 11) is 0. The van der Waals surface area contributed by atoms with Crippen LogP contribution in [0.15, 0.2) is 39.6 Å². The molecule has 2 aliphatic rings. The second kappa shape index (κ2) is 6.70. The van der Waals surface area contributed by atoms with Crippen LogP contribution < -0.4 is 5.32 Å². The third-order valence-electron chi connectivity index (χ3n) is 5.13. The van der Waals surface area contributed by atoms with Crippen LogP contribution in [0.3, 0.4) is 0 Å². The maximum atomic E-state index is 12.4. The van der Waals surface area contributed by atoms with E-state index in [0.29, 0.717) is 25.5 Å². The number of ether oxygens (including phenoxy) is 1. The van der Waals surface area contributed by atoms with Gasteiger partial charge in [-0.25, -0.2) is 0 Å². The monoisotopic (exact) mass is 346 g/mol. The zero-order valence-electron chi connectivity index (χ0n) is 13.6. The number of nitrogens with one attached hydrogen (secondary N) is 1. The number of likely N-dealkylation sites (tertiary alicyclic amines) is 1. The Morgan fingerprint density at radius 3 is 3.21 bits per heavy atom. The molecule has 2 fully saturated rings. The summed E-state index contributed by atoms with van der Waals surface area (Å²) in [4.78, 5) is 14.9. The number of hydrogen-bond acceptors (Lipinski definition) is 5. The fourth-order valence-corrected chi connectivity index (χ4v) is 4.60. The Balaban J connectivity index is 1.36. The molecule has 0 saturated carbocycles. The maximum absolute atomic E-state index is 12.4. The first-order chi connectivity index (χ1) is 11.7. The normalized spacial score (nSPS) is 26.6. The molecule has 4 heterocycles. The van der Waals surface area contributed by atoms with Gasteiger partial charge in [0.15, 0.2) is 0 Å². The fourth-order valence-electron chi connectivity index (χ4n) is 3.94. The molecule has 2 aromatic rings. The Kier molecular flexibility index (Phi) is 4.43. The Labute approximate surface area is 145 Å². The van der Waals surface area contributed by atoms with Crippen molar-refractivity contribution in [1.82, 2.24) is 10.2 Å². The quantitative estimate of drug-likeness (QED) is 0.873. The van der Waals surface area contributed by atoms with Crippen molar-refractivity contribution in [3.05, 3.63) is 46.5 Å². The number of fused-ring (bicyclic) bond motifs is 1. The van der Waals surface area contributed by atoms with Crippen LogP contribution in [-0.2, 0) is 22.6 Å². The Morgan fingerprint density at radius 1 is 1.46 bits per heavy atom. The molecule has 1 N–H and O–H groups in total. The number of furan rings is 1. The zero-order chi connectivity index (χ0) is 16.4.